The predicted octanol–water partition coefficient (Wildman–Crippen LogP) is 1.79. The molecule has 1 heterocycles. The van der Waals surface area contributed by atoms with Crippen molar-refractivity contribution in [3.63, 3.8) is 0 Å². The van der Waals surface area contributed by atoms with Crippen LogP contribution in [0.1, 0.15) is 0 Å². The van der Waals surface area contributed by atoms with Gasteiger partial charge in [0, 0.05) is 11.1 Å². The molecule has 0 aliphatic heterocycles. The fourth-order valence-corrected chi connectivity index (χ4v) is 1.90. The molecule has 0 unspecified atom stereocenters. The highest BCUT2D eigenvalue weighted by Gasteiger charge is 2.03. The molecule has 2 rings (SSSR count). The van der Waals surface area contributed by atoms with Crippen molar-refractivity contribution in [1.82, 2.24) is 9.97 Å². The van der Waals surface area contributed by atoms with E-state index in [2.05, 4.69) is 9.97 Å². The van der Waals surface area contributed by atoms with Crippen molar-refractivity contribution in [2.45, 2.75) is 9.79 Å². The second kappa shape index (κ2) is 4.18. The van der Waals surface area contributed by atoms with E-state index >= 15 is 0 Å². The zero-order valence-electron chi connectivity index (χ0n) is 7.92. The van der Waals surface area contributed by atoms with Crippen molar-refractivity contribution in [1.29, 1.82) is 0 Å². The molecule has 0 saturated carbocycles. The van der Waals surface area contributed by atoms with Crippen LogP contribution in [0, 0.1) is 0 Å². The van der Waals surface area contributed by atoms with E-state index in [1.54, 1.807) is 6.20 Å². The lowest BCUT2D eigenvalue weighted by Crippen LogP contribution is -2.00. The lowest BCUT2D eigenvalue weighted by molar-refractivity contribution is 1.13. The molecule has 0 saturated heterocycles. The van der Waals surface area contributed by atoms with E-state index in [1.807, 2.05) is 30.3 Å². The third-order valence-corrected chi connectivity index (χ3v) is 2.81. The van der Waals surface area contributed by atoms with E-state index in [-0.39, 0.29) is 5.95 Å². The van der Waals surface area contributed by atoms with Crippen LogP contribution >= 0.6 is 11.8 Å². The molecular formula is C10H10N4S. The molecule has 15 heavy (non-hydrogen) atoms. The summed E-state index contributed by atoms with van der Waals surface area (Å²) in [5, 5.41) is 0. The van der Waals surface area contributed by atoms with Crippen molar-refractivity contribution in [2.24, 2.45) is 0 Å². The van der Waals surface area contributed by atoms with Gasteiger partial charge in [-0.25, -0.2) is 4.98 Å². The van der Waals surface area contributed by atoms with Crippen LogP contribution in [0.5, 0.6) is 0 Å². The van der Waals surface area contributed by atoms with Crippen LogP contribution in [0.25, 0.3) is 0 Å². The molecule has 4 N–H and O–H groups in total. The Morgan fingerprint density at radius 3 is 2.47 bits per heavy atom. The van der Waals surface area contributed by atoms with E-state index in [0.29, 0.717) is 5.82 Å². The third kappa shape index (κ3) is 2.38. The Kier molecular flexibility index (Phi) is 2.73. The summed E-state index contributed by atoms with van der Waals surface area (Å²) in [7, 11) is 0. The van der Waals surface area contributed by atoms with Gasteiger partial charge < -0.3 is 11.5 Å². The first-order chi connectivity index (χ1) is 7.25. The standard InChI is InChI=1S/C10H10N4S/c11-9-8(6-13-10(12)14-9)15-7-4-2-1-3-5-7/h1-6H,(H4,11,12,13,14). The molecule has 0 amide bonds. The second-order valence-corrected chi connectivity index (χ2v) is 4.01. The van der Waals surface area contributed by atoms with Crippen LogP contribution in [0.3, 0.4) is 0 Å². The van der Waals surface area contributed by atoms with Crippen LogP contribution in [0.2, 0.25) is 0 Å². The number of nitrogen functional groups attached to an aromatic ring is 2. The van der Waals surface area contributed by atoms with Gasteiger partial charge in [0.1, 0.15) is 5.82 Å². The van der Waals surface area contributed by atoms with Crippen molar-refractivity contribution in [3.8, 4) is 0 Å². The fourth-order valence-electron chi connectivity index (χ4n) is 1.09. The molecular weight excluding hydrogens is 208 g/mol. The van der Waals surface area contributed by atoms with Gasteiger partial charge in [-0.05, 0) is 12.1 Å². The predicted molar refractivity (Wildman–Crippen MR) is 61.4 cm³/mol. The molecule has 0 bridgehead atoms. The highest BCUT2D eigenvalue weighted by Crippen LogP contribution is 2.30. The van der Waals surface area contributed by atoms with Crippen LogP contribution < -0.4 is 11.5 Å². The van der Waals surface area contributed by atoms with E-state index in [0.717, 1.165) is 9.79 Å². The van der Waals surface area contributed by atoms with E-state index in [1.165, 1.54) is 11.8 Å². The minimum absolute atomic E-state index is 0.199. The molecule has 0 radical (unpaired) electrons. The zero-order valence-corrected chi connectivity index (χ0v) is 8.74. The Labute approximate surface area is 91.7 Å². The first-order valence-corrected chi connectivity index (χ1v) is 5.18. The van der Waals surface area contributed by atoms with Crippen LogP contribution in [0.4, 0.5) is 11.8 Å². The largest absolute Gasteiger partial charge is 0.383 e. The highest BCUT2D eigenvalue weighted by atomic mass is 32.2. The quantitative estimate of drug-likeness (QED) is 0.803. The number of anilines is 2. The second-order valence-electron chi connectivity index (χ2n) is 2.89. The Morgan fingerprint density at radius 2 is 1.80 bits per heavy atom. The molecule has 1 aromatic carbocycles. The molecule has 0 aliphatic rings. The molecule has 4 nitrogen and oxygen atoms in total. The van der Waals surface area contributed by atoms with Gasteiger partial charge in [-0.2, -0.15) is 4.98 Å². The average Bonchev–Trinajstić information content (AvgIpc) is 2.24. The third-order valence-electron chi connectivity index (χ3n) is 1.77. The smallest absolute Gasteiger partial charge is 0.221 e. The zero-order chi connectivity index (χ0) is 10.7. The number of hydrogen-bond acceptors (Lipinski definition) is 5. The van der Waals surface area contributed by atoms with Gasteiger partial charge >= 0.3 is 0 Å². The van der Waals surface area contributed by atoms with Gasteiger partial charge in [-0.15, -0.1) is 0 Å². The number of nitrogens with two attached hydrogens (primary N) is 2. The summed E-state index contributed by atoms with van der Waals surface area (Å²) in [6, 6.07) is 9.90. The maximum Gasteiger partial charge on any atom is 0.221 e. The molecule has 5 heteroatoms. The maximum atomic E-state index is 5.72. The maximum absolute atomic E-state index is 5.72. The summed E-state index contributed by atoms with van der Waals surface area (Å²) in [5.74, 6) is 0.612. The number of rotatable bonds is 2. The van der Waals surface area contributed by atoms with Crippen molar-refractivity contribution in [2.75, 3.05) is 11.5 Å². The fraction of sp³-hybridized carbons (Fsp3) is 0. The monoisotopic (exact) mass is 218 g/mol. The van der Waals surface area contributed by atoms with Crippen molar-refractivity contribution < 1.29 is 0 Å². The average molecular weight is 218 g/mol. The summed E-state index contributed by atoms with van der Waals surface area (Å²) < 4.78 is 0. The minimum Gasteiger partial charge on any atom is -0.383 e. The molecule has 0 atom stereocenters. The summed E-state index contributed by atoms with van der Waals surface area (Å²) in [5.41, 5.74) is 11.1. The Bertz CT molecular complexity index is 458. The van der Waals surface area contributed by atoms with Crippen LogP contribution in [-0.4, -0.2) is 9.97 Å². The first kappa shape index (κ1) is 9.79. The summed E-state index contributed by atoms with van der Waals surface area (Å²) in [6.45, 7) is 0. The summed E-state index contributed by atoms with van der Waals surface area (Å²) >= 11 is 1.52. The molecule has 0 fully saturated rings. The molecule has 2 aromatic rings. The van der Waals surface area contributed by atoms with Crippen molar-refractivity contribution >= 4 is 23.5 Å². The Balaban J connectivity index is 2.25. The lowest BCUT2D eigenvalue weighted by atomic mass is 10.4. The molecule has 0 aliphatic carbocycles. The number of aromatic nitrogens is 2. The van der Waals surface area contributed by atoms with Gasteiger partial charge in [0.2, 0.25) is 5.95 Å². The lowest BCUT2D eigenvalue weighted by Gasteiger charge is -2.03. The molecule has 76 valence electrons. The molecule has 0 spiro atoms. The van der Waals surface area contributed by atoms with Gasteiger partial charge in [0.25, 0.3) is 0 Å². The van der Waals surface area contributed by atoms with Gasteiger partial charge in [0.15, 0.2) is 0 Å². The highest BCUT2D eigenvalue weighted by molar-refractivity contribution is 7.99. The normalized spacial score (nSPS) is 10.1. The summed E-state index contributed by atoms with van der Waals surface area (Å²) in [4.78, 5) is 9.71. The van der Waals surface area contributed by atoms with Gasteiger partial charge in [-0.1, -0.05) is 30.0 Å². The van der Waals surface area contributed by atoms with Crippen LogP contribution in [0.15, 0.2) is 46.3 Å². The van der Waals surface area contributed by atoms with Gasteiger partial charge in [-0.3, -0.25) is 0 Å². The number of hydrogen-bond donors (Lipinski definition) is 2. The summed E-state index contributed by atoms with van der Waals surface area (Å²) in [6.07, 6.45) is 1.63. The SMILES string of the molecule is Nc1ncc(Sc2ccccc2)c(N)n1. The first-order valence-electron chi connectivity index (χ1n) is 4.36. The Morgan fingerprint density at radius 1 is 1.07 bits per heavy atom. The van der Waals surface area contributed by atoms with Gasteiger partial charge in [0.05, 0.1) is 4.90 Å². The van der Waals surface area contributed by atoms with E-state index in [4.69, 9.17) is 11.5 Å². The van der Waals surface area contributed by atoms with Crippen LogP contribution in [-0.2, 0) is 0 Å². The topological polar surface area (TPSA) is 77.8 Å². The Hall–Kier alpha value is -1.75. The number of nitrogens with zero attached hydrogens (tertiary/aromatic N) is 2. The minimum atomic E-state index is 0.199. The van der Waals surface area contributed by atoms with E-state index in [9.17, 15) is 0 Å². The molecule has 1 aromatic heterocycles. The number of benzene rings is 1. The van der Waals surface area contributed by atoms with E-state index < -0.39 is 0 Å². The van der Waals surface area contributed by atoms with Crippen molar-refractivity contribution in [3.05, 3.63) is 36.5 Å².